The third-order valence-corrected chi connectivity index (χ3v) is 6.44. The SMILES string of the molecule is CC(=CCc1cc(C(=O)O)ccc1O)CCC=C(C)CCC(O)C(C)(O)CCCC(C)=CCC(=O)O. The number of carboxylic acids is 2. The first kappa shape index (κ1) is 31.1. The first-order chi connectivity index (χ1) is 16.8. The molecule has 0 bridgehead atoms. The minimum Gasteiger partial charge on any atom is -0.508 e. The molecule has 1 rings (SSSR count). The lowest BCUT2D eigenvalue weighted by Gasteiger charge is -2.29. The van der Waals surface area contributed by atoms with Crippen molar-refractivity contribution in [2.45, 2.75) is 97.2 Å². The van der Waals surface area contributed by atoms with Crippen LogP contribution in [0.4, 0.5) is 0 Å². The van der Waals surface area contributed by atoms with Crippen LogP contribution in [-0.2, 0) is 11.2 Å². The van der Waals surface area contributed by atoms with Crippen LogP contribution in [0, 0.1) is 0 Å². The number of hydrogen-bond donors (Lipinski definition) is 5. The molecule has 2 unspecified atom stereocenters. The molecule has 0 aliphatic heterocycles. The average Bonchev–Trinajstić information content (AvgIpc) is 2.80. The Morgan fingerprint density at radius 3 is 2.25 bits per heavy atom. The number of aromatic hydroxyl groups is 1. The Balaban J connectivity index is 2.45. The Hall–Kier alpha value is -2.90. The van der Waals surface area contributed by atoms with Crippen LogP contribution < -0.4 is 0 Å². The molecule has 0 aliphatic rings. The highest BCUT2D eigenvalue weighted by atomic mass is 16.4. The van der Waals surface area contributed by atoms with Crippen LogP contribution in [-0.4, -0.2) is 49.2 Å². The number of carbonyl (C=O) groups is 2. The van der Waals surface area contributed by atoms with Gasteiger partial charge < -0.3 is 25.5 Å². The fourth-order valence-corrected chi connectivity index (χ4v) is 3.85. The molecule has 0 heterocycles. The molecule has 0 saturated heterocycles. The number of benzene rings is 1. The summed E-state index contributed by atoms with van der Waals surface area (Å²) in [4.78, 5) is 21.7. The second-order valence-electron chi connectivity index (χ2n) is 9.91. The van der Waals surface area contributed by atoms with Crippen LogP contribution in [0.25, 0.3) is 0 Å². The predicted octanol–water partition coefficient (Wildman–Crippen LogP) is 5.79. The number of allylic oxidation sites excluding steroid dienone is 5. The van der Waals surface area contributed by atoms with Gasteiger partial charge in [0, 0.05) is 0 Å². The van der Waals surface area contributed by atoms with Crippen molar-refractivity contribution in [2.24, 2.45) is 0 Å². The van der Waals surface area contributed by atoms with Crippen LogP contribution in [0.5, 0.6) is 5.75 Å². The molecular weight excluding hydrogens is 460 g/mol. The van der Waals surface area contributed by atoms with Gasteiger partial charge in [0.15, 0.2) is 0 Å². The third kappa shape index (κ3) is 12.2. The van der Waals surface area contributed by atoms with Crippen LogP contribution >= 0.6 is 0 Å². The van der Waals surface area contributed by atoms with E-state index in [1.165, 1.54) is 18.2 Å². The van der Waals surface area contributed by atoms with E-state index in [-0.39, 0.29) is 17.7 Å². The minimum atomic E-state index is -1.20. The normalized spacial score (nSPS) is 15.4. The molecule has 0 amide bonds. The van der Waals surface area contributed by atoms with Crippen molar-refractivity contribution in [3.8, 4) is 5.75 Å². The molecule has 200 valence electrons. The average molecular weight is 503 g/mol. The Morgan fingerprint density at radius 1 is 0.972 bits per heavy atom. The van der Waals surface area contributed by atoms with Crippen LogP contribution in [0.3, 0.4) is 0 Å². The number of carboxylic acid groups (broad SMARTS) is 2. The van der Waals surface area contributed by atoms with Gasteiger partial charge in [-0.1, -0.05) is 34.9 Å². The summed E-state index contributed by atoms with van der Waals surface area (Å²) in [6, 6.07) is 4.27. The molecular formula is C29H42O7. The second-order valence-corrected chi connectivity index (χ2v) is 9.91. The summed E-state index contributed by atoms with van der Waals surface area (Å²) < 4.78 is 0. The Bertz CT molecular complexity index is 970. The molecule has 0 fully saturated rings. The lowest BCUT2D eigenvalue weighted by atomic mass is 9.88. The van der Waals surface area contributed by atoms with Crippen molar-refractivity contribution >= 4 is 11.9 Å². The van der Waals surface area contributed by atoms with Crippen molar-refractivity contribution < 1.29 is 35.1 Å². The van der Waals surface area contributed by atoms with Crippen LogP contribution in [0.1, 0.15) is 95.0 Å². The summed E-state index contributed by atoms with van der Waals surface area (Å²) in [5, 5.41) is 48.9. The molecule has 1 aromatic rings. The fraction of sp³-hybridized carbons (Fsp3) is 0.517. The minimum absolute atomic E-state index is 0.00394. The van der Waals surface area contributed by atoms with E-state index in [0.717, 1.165) is 29.6 Å². The van der Waals surface area contributed by atoms with Gasteiger partial charge in [0.05, 0.1) is 23.7 Å². The van der Waals surface area contributed by atoms with Gasteiger partial charge in [-0.05, 0) is 103 Å². The molecule has 0 spiro atoms. The van der Waals surface area contributed by atoms with Crippen molar-refractivity contribution in [3.05, 3.63) is 64.3 Å². The molecule has 7 nitrogen and oxygen atoms in total. The van der Waals surface area contributed by atoms with E-state index < -0.39 is 23.6 Å². The predicted molar refractivity (Wildman–Crippen MR) is 141 cm³/mol. The summed E-state index contributed by atoms with van der Waals surface area (Å²) in [6.45, 7) is 7.53. The highest BCUT2D eigenvalue weighted by Crippen LogP contribution is 2.25. The number of phenols is 1. The lowest BCUT2D eigenvalue weighted by Crippen LogP contribution is -2.39. The lowest BCUT2D eigenvalue weighted by molar-refractivity contribution is -0.136. The van der Waals surface area contributed by atoms with Gasteiger partial charge >= 0.3 is 11.9 Å². The van der Waals surface area contributed by atoms with Crippen molar-refractivity contribution in [1.29, 1.82) is 0 Å². The molecule has 0 saturated carbocycles. The van der Waals surface area contributed by atoms with E-state index in [1.807, 2.05) is 26.8 Å². The van der Waals surface area contributed by atoms with Gasteiger partial charge in [-0.25, -0.2) is 4.79 Å². The molecule has 7 heteroatoms. The molecule has 36 heavy (non-hydrogen) atoms. The largest absolute Gasteiger partial charge is 0.508 e. The first-order valence-corrected chi connectivity index (χ1v) is 12.5. The third-order valence-electron chi connectivity index (χ3n) is 6.44. The zero-order chi connectivity index (χ0) is 27.3. The number of aromatic carboxylic acids is 1. The maximum Gasteiger partial charge on any atom is 0.335 e. The highest BCUT2D eigenvalue weighted by molar-refractivity contribution is 5.88. The number of aliphatic carboxylic acids is 1. The Labute approximate surface area is 214 Å². The van der Waals surface area contributed by atoms with E-state index in [9.17, 15) is 24.9 Å². The van der Waals surface area contributed by atoms with E-state index in [4.69, 9.17) is 10.2 Å². The van der Waals surface area contributed by atoms with Crippen LogP contribution in [0.2, 0.25) is 0 Å². The van der Waals surface area contributed by atoms with Gasteiger partial charge in [0.25, 0.3) is 0 Å². The second kappa shape index (κ2) is 15.3. The van der Waals surface area contributed by atoms with Crippen molar-refractivity contribution in [3.63, 3.8) is 0 Å². The van der Waals surface area contributed by atoms with Crippen molar-refractivity contribution in [2.75, 3.05) is 0 Å². The number of rotatable bonds is 16. The van der Waals surface area contributed by atoms with Gasteiger partial charge in [-0.15, -0.1) is 0 Å². The molecule has 5 N–H and O–H groups in total. The number of phenolic OH excluding ortho intramolecular Hbond substituents is 1. The summed E-state index contributed by atoms with van der Waals surface area (Å²) in [6.07, 6.45) is 9.97. The monoisotopic (exact) mass is 502 g/mol. The summed E-state index contributed by atoms with van der Waals surface area (Å²) >= 11 is 0. The van der Waals surface area contributed by atoms with Crippen LogP contribution in [0.15, 0.2) is 53.1 Å². The zero-order valence-electron chi connectivity index (χ0n) is 22.0. The zero-order valence-corrected chi connectivity index (χ0v) is 22.0. The van der Waals surface area contributed by atoms with Gasteiger partial charge in [-0.3, -0.25) is 4.79 Å². The van der Waals surface area contributed by atoms with Gasteiger partial charge in [-0.2, -0.15) is 0 Å². The van der Waals surface area contributed by atoms with E-state index in [0.29, 0.717) is 44.1 Å². The molecule has 0 aromatic heterocycles. The van der Waals surface area contributed by atoms with E-state index in [1.54, 1.807) is 13.0 Å². The van der Waals surface area contributed by atoms with Gasteiger partial charge in [0.1, 0.15) is 5.75 Å². The fourth-order valence-electron chi connectivity index (χ4n) is 3.85. The first-order valence-electron chi connectivity index (χ1n) is 12.5. The Morgan fingerprint density at radius 2 is 1.61 bits per heavy atom. The van der Waals surface area contributed by atoms with E-state index in [2.05, 4.69) is 6.08 Å². The molecule has 1 aromatic carbocycles. The number of hydrogen-bond acceptors (Lipinski definition) is 5. The summed E-state index contributed by atoms with van der Waals surface area (Å²) in [5.41, 5.74) is 2.77. The summed E-state index contributed by atoms with van der Waals surface area (Å²) in [5.74, 6) is -1.81. The topological polar surface area (TPSA) is 135 Å². The standard InChI is InChI=1S/C29H42O7/c1-20(10-13-23-19-24(28(34)35)14-15-25(23)30)7-5-8-21(2)11-16-26(31)29(4,36)18-6-9-22(3)12-17-27(32)33/h8,10,12,14-15,19,26,30-31,36H,5-7,9,11,13,16-18H2,1-4H3,(H,32,33)(H,34,35). The Kier molecular flexibility index (Phi) is 13.2. The quantitative estimate of drug-likeness (QED) is 0.181. The maximum absolute atomic E-state index is 11.1. The maximum atomic E-state index is 11.1. The van der Waals surface area contributed by atoms with Gasteiger partial charge in [0.2, 0.25) is 0 Å². The summed E-state index contributed by atoms with van der Waals surface area (Å²) in [7, 11) is 0. The molecule has 2 atom stereocenters. The molecule has 0 radical (unpaired) electrons. The number of aliphatic hydroxyl groups excluding tert-OH is 1. The van der Waals surface area contributed by atoms with Crippen molar-refractivity contribution in [1.82, 2.24) is 0 Å². The highest BCUT2D eigenvalue weighted by Gasteiger charge is 2.29. The number of aliphatic hydroxyl groups is 2. The van der Waals surface area contributed by atoms with E-state index >= 15 is 0 Å². The smallest absolute Gasteiger partial charge is 0.335 e. The molecule has 0 aliphatic carbocycles.